The lowest BCUT2D eigenvalue weighted by atomic mass is 9.97. The van der Waals surface area contributed by atoms with Crippen molar-refractivity contribution < 1.29 is 33.9 Å². The molecule has 40 heavy (non-hydrogen) atoms. The first kappa shape index (κ1) is 31.7. The highest BCUT2D eigenvalue weighted by molar-refractivity contribution is 5.96. The van der Waals surface area contributed by atoms with Crippen molar-refractivity contribution in [2.45, 2.75) is 71.1 Å². The highest BCUT2D eigenvalue weighted by atomic mass is 16.4. The molecule has 216 valence electrons. The third kappa shape index (κ3) is 9.37. The molecule has 0 radical (unpaired) electrons. The summed E-state index contributed by atoms with van der Waals surface area (Å²) in [5, 5.41) is 20.9. The first-order valence-electron chi connectivity index (χ1n) is 13.0. The second-order valence-electron chi connectivity index (χ2n) is 9.95. The van der Waals surface area contributed by atoms with Gasteiger partial charge >= 0.3 is 5.97 Å². The molecule has 7 N–H and O–H groups in total. The average molecular weight is 556 g/mol. The number of carboxylic acids is 1. The molecule has 0 heterocycles. The number of fused-ring (bicyclic) bond motifs is 1. The van der Waals surface area contributed by atoms with Crippen LogP contribution in [0.5, 0.6) is 0 Å². The fourth-order valence-electron chi connectivity index (χ4n) is 4.14. The normalized spacial score (nSPS) is 13.9. The van der Waals surface area contributed by atoms with E-state index in [1.54, 1.807) is 13.8 Å². The molecule has 0 saturated heterocycles. The van der Waals surface area contributed by atoms with E-state index in [1.165, 1.54) is 13.8 Å². The molecule has 0 aromatic heterocycles. The summed E-state index contributed by atoms with van der Waals surface area (Å²) < 4.78 is 0. The van der Waals surface area contributed by atoms with Gasteiger partial charge in [-0.25, -0.2) is 0 Å². The van der Waals surface area contributed by atoms with Gasteiger partial charge in [-0.15, -0.1) is 0 Å². The van der Waals surface area contributed by atoms with Crippen LogP contribution in [0, 0.1) is 5.92 Å². The Labute approximate surface area is 232 Å². The summed E-state index contributed by atoms with van der Waals surface area (Å²) in [5.41, 5.74) is 6.06. The standard InChI is InChI=1S/C28H37N5O7/c1-15(2)24(31-17(4)34)28(40)33-22(14-19-10-7-9-18-8-5-6-11-20(18)19)27(39)30-16(3)26(38)32-21(25(29)37)12-13-23(35)36/h5-11,15-16,21-22,24H,12-14H2,1-4H3,(H2,29,37)(H,30,39)(H,31,34)(H,32,38)(H,33,40)(H,35,36)/t16-,21-,22-,24-/m0/s1. The minimum atomic E-state index is -1.24. The maximum absolute atomic E-state index is 13.4. The lowest BCUT2D eigenvalue weighted by Gasteiger charge is -2.26. The van der Waals surface area contributed by atoms with Gasteiger partial charge in [0, 0.05) is 19.8 Å². The lowest BCUT2D eigenvalue weighted by Crippen LogP contribution is -2.58. The largest absolute Gasteiger partial charge is 0.481 e. The topological polar surface area (TPSA) is 197 Å². The van der Waals surface area contributed by atoms with Crippen LogP contribution in [-0.4, -0.2) is 64.8 Å². The van der Waals surface area contributed by atoms with Crippen LogP contribution in [0.2, 0.25) is 0 Å². The predicted molar refractivity (Wildman–Crippen MR) is 148 cm³/mol. The number of rotatable bonds is 14. The van der Waals surface area contributed by atoms with Gasteiger partial charge in [-0.05, 0) is 35.6 Å². The Morgan fingerprint density at radius 1 is 0.800 bits per heavy atom. The monoisotopic (exact) mass is 555 g/mol. The lowest BCUT2D eigenvalue weighted by molar-refractivity contribution is -0.138. The van der Waals surface area contributed by atoms with Gasteiger partial charge in [0.2, 0.25) is 29.5 Å². The number of benzene rings is 2. The molecule has 0 unspecified atom stereocenters. The molecule has 0 bridgehead atoms. The summed E-state index contributed by atoms with van der Waals surface area (Å²) in [7, 11) is 0. The number of nitrogens with one attached hydrogen (secondary N) is 4. The number of primary amides is 1. The molecule has 12 nitrogen and oxygen atoms in total. The summed E-state index contributed by atoms with van der Waals surface area (Å²) in [6, 6.07) is 8.74. The van der Waals surface area contributed by atoms with Gasteiger partial charge < -0.3 is 32.1 Å². The van der Waals surface area contributed by atoms with Crippen molar-refractivity contribution in [3.63, 3.8) is 0 Å². The molecule has 4 atom stereocenters. The van der Waals surface area contributed by atoms with E-state index < -0.39 is 59.7 Å². The summed E-state index contributed by atoms with van der Waals surface area (Å²) in [4.78, 5) is 73.5. The number of hydrogen-bond acceptors (Lipinski definition) is 6. The van der Waals surface area contributed by atoms with Crippen LogP contribution in [0.25, 0.3) is 10.8 Å². The first-order valence-corrected chi connectivity index (χ1v) is 13.0. The Kier molecular flexibility index (Phi) is 11.6. The summed E-state index contributed by atoms with van der Waals surface area (Å²) >= 11 is 0. The number of aliphatic carboxylic acids is 1. The molecule has 0 spiro atoms. The van der Waals surface area contributed by atoms with Crippen molar-refractivity contribution in [3.8, 4) is 0 Å². The van der Waals surface area contributed by atoms with Crippen molar-refractivity contribution in [2.24, 2.45) is 11.7 Å². The van der Waals surface area contributed by atoms with Crippen LogP contribution >= 0.6 is 0 Å². The van der Waals surface area contributed by atoms with Crippen LogP contribution in [0.1, 0.15) is 46.1 Å². The SMILES string of the molecule is CC(=O)N[C@H](C(=O)N[C@@H](Cc1cccc2ccccc12)C(=O)N[C@@H](C)C(=O)N[C@@H](CCC(=O)O)C(N)=O)C(C)C. The number of carbonyl (C=O) groups excluding carboxylic acids is 5. The van der Waals surface area contributed by atoms with Crippen LogP contribution < -0.4 is 27.0 Å². The third-order valence-corrected chi connectivity index (χ3v) is 6.30. The summed E-state index contributed by atoms with van der Waals surface area (Å²) in [6.45, 7) is 6.18. The Hall–Kier alpha value is -4.48. The molecular formula is C28H37N5O7. The zero-order valence-electron chi connectivity index (χ0n) is 23.0. The number of carbonyl (C=O) groups is 6. The zero-order valence-corrected chi connectivity index (χ0v) is 23.0. The molecule has 2 aromatic carbocycles. The van der Waals surface area contributed by atoms with Gasteiger partial charge in [-0.1, -0.05) is 56.3 Å². The molecule has 2 aromatic rings. The van der Waals surface area contributed by atoms with E-state index in [2.05, 4.69) is 21.3 Å². The maximum atomic E-state index is 13.4. The highest BCUT2D eigenvalue weighted by Gasteiger charge is 2.31. The van der Waals surface area contributed by atoms with E-state index in [-0.39, 0.29) is 25.2 Å². The van der Waals surface area contributed by atoms with Crippen molar-refractivity contribution >= 4 is 46.3 Å². The number of hydrogen-bond donors (Lipinski definition) is 6. The second kappa shape index (κ2) is 14.6. The average Bonchev–Trinajstić information content (AvgIpc) is 2.88. The molecule has 0 fully saturated rings. The van der Waals surface area contributed by atoms with E-state index in [9.17, 15) is 28.8 Å². The quantitative estimate of drug-likeness (QED) is 0.193. The van der Waals surface area contributed by atoms with Crippen molar-refractivity contribution in [1.29, 1.82) is 0 Å². The fourth-order valence-corrected chi connectivity index (χ4v) is 4.14. The maximum Gasteiger partial charge on any atom is 0.303 e. The molecule has 5 amide bonds. The molecule has 0 aliphatic carbocycles. The number of amides is 5. The Balaban J connectivity index is 2.28. The summed E-state index contributed by atoms with van der Waals surface area (Å²) in [6.07, 6.45) is -0.518. The predicted octanol–water partition coefficient (Wildman–Crippen LogP) is 0.367. The van der Waals surface area contributed by atoms with Gasteiger partial charge in [0.15, 0.2) is 0 Å². The Morgan fingerprint density at radius 2 is 1.43 bits per heavy atom. The zero-order chi connectivity index (χ0) is 30.0. The van der Waals surface area contributed by atoms with Crippen molar-refractivity contribution in [2.75, 3.05) is 0 Å². The Morgan fingerprint density at radius 3 is 2.02 bits per heavy atom. The molecule has 2 rings (SSSR count). The van der Waals surface area contributed by atoms with Gasteiger partial charge in [-0.2, -0.15) is 0 Å². The second-order valence-corrected chi connectivity index (χ2v) is 9.95. The van der Waals surface area contributed by atoms with Crippen molar-refractivity contribution in [1.82, 2.24) is 21.3 Å². The molecule has 0 aliphatic rings. The van der Waals surface area contributed by atoms with Gasteiger partial charge in [0.1, 0.15) is 24.2 Å². The van der Waals surface area contributed by atoms with Gasteiger partial charge in [-0.3, -0.25) is 28.8 Å². The van der Waals surface area contributed by atoms with E-state index in [4.69, 9.17) is 10.8 Å². The molecule has 0 saturated carbocycles. The van der Waals surface area contributed by atoms with Crippen LogP contribution in [0.3, 0.4) is 0 Å². The molecular weight excluding hydrogens is 518 g/mol. The third-order valence-electron chi connectivity index (χ3n) is 6.30. The fraction of sp³-hybridized carbons (Fsp3) is 0.429. The van der Waals surface area contributed by atoms with Gasteiger partial charge in [0.05, 0.1) is 0 Å². The molecule has 12 heteroatoms. The smallest absolute Gasteiger partial charge is 0.303 e. The van der Waals surface area contributed by atoms with Crippen LogP contribution in [0.15, 0.2) is 42.5 Å². The summed E-state index contributed by atoms with van der Waals surface area (Å²) in [5.74, 6) is -4.73. The van der Waals surface area contributed by atoms with Crippen LogP contribution in [0.4, 0.5) is 0 Å². The number of carboxylic acid groups (broad SMARTS) is 1. The van der Waals surface area contributed by atoms with Crippen molar-refractivity contribution in [3.05, 3.63) is 48.0 Å². The number of nitrogens with two attached hydrogens (primary N) is 1. The minimum Gasteiger partial charge on any atom is -0.481 e. The van der Waals surface area contributed by atoms with Gasteiger partial charge in [0.25, 0.3) is 0 Å². The molecule has 0 aliphatic heterocycles. The Bertz CT molecular complexity index is 1260. The van der Waals surface area contributed by atoms with E-state index in [0.717, 1.165) is 16.3 Å². The highest BCUT2D eigenvalue weighted by Crippen LogP contribution is 2.20. The van der Waals surface area contributed by atoms with Crippen LogP contribution in [-0.2, 0) is 35.2 Å². The minimum absolute atomic E-state index is 0.0840. The van der Waals surface area contributed by atoms with E-state index in [1.807, 2.05) is 42.5 Å². The first-order chi connectivity index (χ1) is 18.8. The van der Waals surface area contributed by atoms with E-state index >= 15 is 0 Å². The van der Waals surface area contributed by atoms with E-state index in [0.29, 0.717) is 0 Å².